The van der Waals surface area contributed by atoms with Crippen molar-refractivity contribution in [3.05, 3.63) is 48.3 Å². The van der Waals surface area contributed by atoms with Crippen LogP contribution < -0.4 is 10.1 Å². The third-order valence-corrected chi connectivity index (χ3v) is 10.6. The van der Waals surface area contributed by atoms with E-state index in [9.17, 15) is 24.3 Å². The average Bonchev–Trinajstić information content (AvgIpc) is 3.44. The second kappa shape index (κ2) is 15.0. The minimum absolute atomic E-state index is 0.0399. The fraction of sp³-hybridized carbons (Fsp3) is 0.600. The molecule has 2 aromatic heterocycles. The fourth-order valence-electron chi connectivity index (χ4n) is 7.70. The predicted octanol–water partition coefficient (Wildman–Crippen LogP) is 6.74. The number of carboxylic acid groups (broad SMARTS) is 1. The number of nitrogens with one attached hydrogen (secondary N) is 1. The number of hydrogen-bond acceptors (Lipinski definition) is 8. The number of Topliss-reactive ketones (excluding diaryl/α,β-unsaturated/α-hetero) is 1. The zero-order valence-corrected chi connectivity index (χ0v) is 32.0. The van der Waals surface area contributed by atoms with Gasteiger partial charge in [0, 0.05) is 25.1 Å². The Kier molecular flexibility index (Phi) is 10.8. The molecule has 0 bridgehead atoms. The lowest BCUT2D eigenvalue weighted by atomic mass is 9.92. The number of hydrogen-bond donors (Lipinski definition) is 2. The van der Waals surface area contributed by atoms with Crippen LogP contribution >= 0.6 is 0 Å². The van der Waals surface area contributed by atoms with Gasteiger partial charge in [-0.1, -0.05) is 44.9 Å². The molecular formula is C40H54N6O7. The Bertz CT molecular complexity index is 1890. The van der Waals surface area contributed by atoms with E-state index >= 15 is 0 Å². The molecule has 2 fully saturated rings. The molecule has 0 unspecified atom stereocenters. The Hall–Kier alpha value is -4.68. The van der Waals surface area contributed by atoms with Crippen molar-refractivity contribution >= 4 is 34.8 Å². The highest BCUT2D eigenvalue weighted by atomic mass is 16.6. The Labute approximate surface area is 311 Å². The first-order chi connectivity index (χ1) is 25.1. The van der Waals surface area contributed by atoms with E-state index in [1.807, 2.05) is 65.7 Å². The van der Waals surface area contributed by atoms with E-state index in [1.165, 1.54) is 4.90 Å². The first kappa shape index (κ1) is 38.1. The Morgan fingerprint density at radius 2 is 1.85 bits per heavy atom. The highest BCUT2D eigenvalue weighted by Gasteiger charge is 2.61. The van der Waals surface area contributed by atoms with Crippen molar-refractivity contribution in [2.75, 3.05) is 6.54 Å². The number of aliphatic carboxylic acids is 1. The number of allylic oxidation sites excluding steroid dienone is 2. The van der Waals surface area contributed by atoms with Crippen LogP contribution in [0.3, 0.4) is 0 Å². The number of aromatic nitrogens is 4. The summed E-state index contributed by atoms with van der Waals surface area (Å²) in [5.41, 5.74) is 1.35. The van der Waals surface area contributed by atoms with Gasteiger partial charge in [-0.15, -0.1) is 0 Å². The van der Waals surface area contributed by atoms with Crippen molar-refractivity contribution in [2.45, 2.75) is 136 Å². The summed E-state index contributed by atoms with van der Waals surface area (Å²) in [6.45, 7) is 13.6. The van der Waals surface area contributed by atoms with Gasteiger partial charge in [0.1, 0.15) is 23.3 Å². The molecular weight excluding hydrogens is 676 g/mol. The summed E-state index contributed by atoms with van der Waals surface area (Å²) in [5, 5.41) is 17.9. The SMILES string of the molecule is CC(C)c1ccn(-c2cccc3c2nc(O[C@@H]2C[C@H]4C(=O)C[C@]5(C(=O)O)C[C@@H]5/C=C\CCCCC[C@H](NC(=O)OC(C)(C)C)C(=O)N4C2)n3C(C)C)n1. The van der Waals surface area contributed by atoms with E-state index in [4.69, 9.17) is 19.6 Å². The Morgan fingerprint density at radius 3 is 2.53 bits per heavy atom. The number of nitrogens with zero attached hydrogens (tertiary/aromatic N) is 5. The quantitative estimate of drug-likeness (QED) is 0.251. The first-order valence-electron chi connectivity index (χ1n) is 19.0. The van der Waals surface area contributed by atoms with E-state index in [1.54, 1.807) is 20.8 Å². The molecule has 2 amide bonds. The van der Waals surface area contributed by atoms with Crippen LogP contribution in [0.4, 0.5) is 4.79 Å². The number of ketones is 1. The van der Waals surface area contributed by atoms with E-state index in [0.717, 1.165) is 36.2 Å². The number of benzene rings is 1. The van der Waals surface area contributed by atoms with Gasteiger partial charge in [-0.3, -0.25) is 19.0 Å². The average molecular weight is 731 g/mol. The van der Waals surface area contributed by atoms with Crippen molar-refractivity contribution in [1.29, 1.82) is 0 Å². The van der Waals surface area contributed by atoms with E-state index in [2.05, 4.69) is 19.2 Å². The number of carbonyl (C=O) groups excluding carboxylic acids is 3. The zero-order valence-electron chi connectivity index (χ0n) is 32.0. The van der Waals surface area contributed by atoms with E-state index in [-0.39, 0.29) is 43.0 Å². The minimum atomic E-state index is -1.19. The van der Waals surface area contributed by atoms with Crippen LogP contribution in [0, 0.1) is 11.3 Å². The molecule has 5 atom stereocenters. The maximum Gasteiger partial charge on any atom is 0.408 e. The largest absolute Gasteiger partial charge is 0.481 e. The summed E-state index contributed by atoms with van der Waals surface area (Å²) in [6, 6.07) is 6.33. The smallest absolute Gasteiger partial charge is 0.408 e. The topological polar surface area (TPSA) is 158 Å². The van der Waals surface area contributed by atoms with E-state index < -0.39 is 47.2 Å². The molecule has 0 spiro atoms. The second-order valence-electron chi connectivity index (χ2n) is 16.5. The monoisotopic (exact) mass is 730 g/mol. The molecule has 53 heavy (non-hydrogen) atoms. The molecule has 3 aromatic rings. The number of alkyl carbamates (subject to hydrolysis) is 1. The number of para-hydroxylation sites is 1. The summed E-state index contributed by atoms with van der Waals surface area (Å²) in [5.74, 6) is -1.72. The van der Waals surface area contributed by atoms with Crippen molar-refractivity contribution in [3.63, 3.8) is 0 Å². The van der Waals surface area contributed by atoms with Gasteiger partial charge in [0.05, 0.1) is 34.9 Å². The van der Waals surface area contributed by atoms with Gasteiger partial charge in [0.25, 0.3) is 6.01 Å². The molecule has 13 nitrogen and oxygen atoms in total. The molecule has 6 rings (SSSR count). The van der Waals surface area contributed by atoms with Crippen molar-refractivity contribution in [2.24, 2.45) is 11.3 Å². The summed E-state index contributed by atoms with van der Waals surface area (Å²) < 4.78 is 16.0. The Morgan fingerprint density at radius 1 is 1.08 bits per heavy atom. The van der Waals surface area contributed by atoms with Crippen LogP contribution in [-0.4, -0.2) is 83.4 Å². The van der Waals surface area contributed by atoms with Crippen molar-refractivity contribution in [1.82, 2.24) is 29.5 Å². The first-order valence-corrected chi connectivity index (χ1v) is 19.0. The van der Waals surface area contributed by atoms with Gasteiger partial charge in [-0.25, -0.2) is 9.48 Å². The number of carbonyl (C=O) groups is 4. The third-order valence-electron chi connectivity index (χ3n) is 10.6. The lowest BCUT2D eigenvalue weighted by Crippen LogP contribution is -2.52. The van der Waals surface area contributed by atoms with Gasteiger partial charge in [-0.05, 0) is 90.3 Å². The van der Waals surface area contributed by atoms with Crippen LogP contribution in [-0.2, 0) is 19.1 Å². The fourth-order valence-corrected chi connectivity index (χ4v) is 7.70. The molecule has 2 aliphatic heterocycles. The van der Waals surface area contributed by atoms with Crippen LogP contribution in [0.5, 0.6) is 6.01 Å². The molecule has 13 heteroatoms. The van der Waals surface area contributed by atoms with Crippen LogP contribution in [0.15, 0.2) is 42.6 Å². The van der Waals surface area contributed by atoms with Gasteiger partial charge in [-0.2, -0.15) is 10.1 Å². The number of fused-ring (bicyclic) bond motifs is 3. The van der Waals surface area contributed by atoms with Crippen molar-refractivity contribution in [3.8, 4) is 11.7 Å². The molecule has 2 N–H and O–H groups in total. The maximum atomic E-state index is 14.5. The summed E-state index contributed by atoms with van der Waals surface area (Å²) >= 11 is 0. The van der Waals surface area contributed by atoms with E-state index in [0.29, 0.717) is 30.8 Å². The van der Waals surface area contributed by atoms with Gasteiger partial charge < -0.3 is 24.8 Å². The number of rotatable bonds is 7. The van der Waals surface area contributed by atoms with Gasteiger partial charge in [0.15, 0.2) is 5.78 Å². The molecule has 4 heterocycles. The summed E-state index contributed by atoms with van der Waals surface area (Å²) in [7, 11) is 0. The molecule has 286 valence electrons. The van der Waals surface area contributed by atoms with Gasteiger partial charge >= 0.3 is 12.1 Å². The highest BCUT2D eigenvalue weighted by Crippen LogP contribution is 2.57. The number of amides is 2. The predicted molar refractivity (Wildman–Crippen MR) is 199 cm³/mol. The van der Waals surface area contributed by atoms with Crippen LogP contribution in [0.25, 0.3) is 16.7 Å². The molecule has 1 aromatic carbocycles. The summed E-state index contributed by atoms with van der Waals surface area (Å²) in [4.78, 5) is 60.7. The standard InChI is InChI=1S/C40H54N6O7/c1-24(2)28-18-19-45(43-28)30-16-13-17-31-34(30)42-37(46(31)25(3)4)52-27-20-32-33(47)22-40(36(49)50)21-26(40)14-11-9-8-10-12-15-29(35(48)44(32)23-27)41-38(51)53-39(5,6)7/h11,13-14,16-19,24-27,29,32H,8-10,12,15,20-23H2,1-7H3,(H,41,51)(H,49,50)/b14-11-/t26-,27+,29-,32-,40+/m0/s1. The van der Waals surface area contributed by atoms with Crippen LogP contribution in [0.2, 0.25) is 0 Å². The normalized spacial score (nSPS) is 26.2. The molecule has 1 saturated carbocycles. The van der Waals surface area contributed by atoms with Gasteiger partial charge in [0.2, 0.25) is 5.91 Å². The summed E-state index contributed by atoms with van der Waals surface area (Å²) in [6.07, 6.45) is 8.36. The number of imidazole rings is 1. The lowest BCUT2D eigenvalue weighted by molar-refractivity contribution is -0.147. The van der Waals surface area contributed by atoms with Crippen LogP contribution in [0.1, 0.15) is 117 Å². The molecule has 1 saturated heterocycles. The number of ether oxygens (including phenoxy) is 2. The lowest BCUT2D eigenvalue weighted by Gasteiger charge is -2.30. The maximum absolute atomic E-state index is 14.5. The zero-order chi connectivity index (χ0) is 38.2. The molecule has 1 aliphatic carbocycles. The molecule has 3 aliphatic rings. The highest BCUT2D eigenvalue weighted by molar-refractivity contribution is 5.96. The van der Waals surface area contributed by atoms with Crippen molar-refractivity contribution < 1.29 is 33.8 Å². The molecule has 0 radical (unpaired) electrons. The minimum Gasteiger partial charge on any atom is -0.481 e. The second-order valence-corrected chi connectivity index (χ2v) is 16.5. The number of carboxylic acids is 1. The Balaban J connectivity index is 1.34. The third kappa shape index (κ3) is 8.13.